The summed E-state index contributed by atoms with van der Waals surface area (Å²) in [4.78, 5) is 27.9. The molecule has 2 saturated carbocycles. The van der Waals surface area contributed by atoms with Gasteiger partial charge in [0.1, 0.15) is 0 Å². The van der Waals surface area contributed by atoms with Gasteiger partial charge in [0.05, 0.1) is 0 Å². The van der Waals surface area contributed by atoms with E-state index in [1.807, 2.05) is 9.88 Å². The first-order chi connectivity index (χ1) is 11.9. The molecule has 0 aromatic rings. The molecule has 7 heteroatoms. The standard InChI is InChI=1S/2C8H14O2S.2CH3.Sn/c2*9-8(10)6-11-7-4-2-1-3-5-7;;;/h2*7H,1-6H2,(H,9,10);2*1H3;/q;;;;+2/p-2. The van der Waals surface area contributed by atoms with Gasteiger partial charge in [-0.25, -0.2) is 0 Å². The van der Waals surface area contributed by atoms with Crippen LogP contribution >= 0.6 is 23.5 Å². The second kappa shape index (κ2) is 11.3. The SMILES string of the molecule is [CH3][Sn]([CH3])([O]C(=O)CSC1CCCCC1)[O]C(=O)CSC1CCCCC1. The Hall–Kier alpha value is 0.439. The summed E-state index contributed by atoms with van der Waals surface area (Å²) in [5.41, 5.74) is 0. The molecule has 0 saturated heterocycles. The summed E-state index contributed by atoms with van der Waals surface area (Å²) in [5.74, 6) is 0.368. The molecule has 0 spiro atoms. The van der Waals surface area contributed by atoms with Gasteiger partial charge < -0.3 is 0 Å². The first-order valence-electron chi connectivity index (χ1n) is 9.61. The fourth-order valence-corrected chi connectivity index (χ4v) is 9.92. The van der Waals surface area contributed by atoms with Gasteiger partial charge in [-0.3, -0.25) is 0 Å². The van der Waals surface area contributed by atoms with Crippen LogP contribution in [0, 0.1) is 0 Å². The Bertz CT molecular complexity index is 395. The molecule has 2 aliphatic rings. The van der Waals surface area contributed by atoms with Crippen molar-refractivity contribution in [1.82, 2.24) is 0 Å². The van der Waals surface area contributed by atoms with Crippen molar-refractivity contribution in [3.8, 4) is 0 Å². The minimum atomic E-state index is -3.52. The molecule has 0 aromatic heterocycles. The Morgan fingerprint density at radius 1 is 0.760 bits per heavy atom. The zero-order valence-corrected chi connectivity index (χ0v) is 20.1. The van der Waals surface area contributed by atoms with Crippen molar-refractivity contribution in [1.29, 1.82) is 0 Å². The van der Waals surface area contributed by atoms with Crippen molar-refractivity contribution in [3.05, 3.63) is 0 Å². The Morgan fingerprint density at radius 2 is 1.12 bits per heavy atom. The summed E-state index contributed by atoms with van der Waals surface area (Å²) in [7, 11) is 0. The van der Waals surface area contributed by atoms with Crippen LogP contribution in [0.2, 0.25) is 9.88 Å². The van der Waals surface area contributed by atoms with Crippen LogP contribution in [0.5, 0.6) is 0 Å². The summed E-state index contributed by atoms with van der Waals surface area (Å²) in [5, 5.41) is 1.18. The molecule has 144 valence electrons. The number of rotatable bonds is 8. The van der Waals surface area contributed by atoms with Gasteiger partial charge >= 0.3 is 166 Å². The Labute approximate surface area is 165 Å². The van der Waals surface area contributed by atoms with E-state index in [0.29, 0.717) is 22.0 Å². The van der Waals surface area contributed by atoms with E-state index in [2.05, 4.69) is 0 Å². The van der Waals surface area contributed by atoms with E-state index < -0.39 is 19.2 Å². The van der Waals surface area contributed by atoms with Crippen molar-refractivity contribution in [2.45, 2.75) is 84.6 Å². The predicted octanol–water partition coefficient (Wildman–Crippen LogP) is 4.91. The van der Waals surface area contributed by atoms with Crippen LogP contribution in [0.25, 0.3) is 0 Å². The molecule has 4 nitrogen and oxygen atoms in total. The molecule has 0 radical (unpaired) electrons. The summed E-state index contributed by atoms with van der Waals surface area (Å²) in [6.45, 7) is 0. The van der Waals surface area contributed by atoms with Crippen molar-refractivity contribution in [2.24, 2.45) is 0 Å². The van der Waals surface area contributed by atoms with Gasteiger partial charge in [-0.1, -0.05) is 0 Å². The van der Waals surface area contributed by atoms with E-state index in [-0.39, 0.29) is 11.9 Å². The van der Waals surface area contributed by atoms with E-state index in [4.69, 9.17) is 6.15 Å². The fourth-order valence-electron chi connectivity index (χ4n) is 3.46. The van der Waals surface area contributed by atoms with Crippen LogP contribution in [0.3, 0.4) is 0 Å². The van der Waals surface area contributed by atoms with Gasteiger partial charge in [0, 0.05) is 0 Å². The van der Waals surface area contributed by atoms with Crippen molar-refractivity contribution < 1.29 is 15.7 Å². The molecule has 2 aliphatic carbocycles. The number of carbonyl (C=O) groups excluding carboxylic acids is 2. The third kappa shape index (κ3) is 9.27. The molecular formula is C18H32O4S2Sn. The second-order valence-electron chi connectivity index (χ2n) is 7.49. The zero-order chi connectivity index (χ0) is 18.1. The van der Waals surface area contributed by atoms with E-state index >= 15 is 0 Å². The van der Waals surface area contributed by atoms with Crippen LogP contribution < -0.4 is 0 Å². The summed E-state index contributed by atoms with van der Waals surface area (Å²) in [6, 6.07) is 0. The average Bonchev–Trinajstić information content (AvgIpc) is 2.59. The van der Waals surface area contributed by atoms with Crippen molar-refractivity contribution in [2.75, 3.05) is 11.5 Å². The van der Waals surface area contributed by atoms with Gasteiger partial charge in [0.25, 0.3) is 0 Å². The molecule has 0 aromatic carbocycles. The first-order valence-corrected chi connectivity index (χ1v) is 19.7. The summed E-state index contributed by atoms with van der Waals surface area (Å²) in [6.07, 6.45) is 12.6. The van der Waals surface area contributed by atoms with Gasteiger partial charge in [-0.05, 0) is 0 Å². The normalized spacial score (nSPS) is 20.2. The molecule has 0 aliphatic heterocycles. The van der Waals surface area contributed by atoms with Gasteiger partial charge in [-0.2, -0.15) is 0 Å². The predicted molar refractivity (Wildman–Crippen MR) is 108 cm³/mol. The maximum atomic E-state index is 12.1. The Balaban J connectivity index is 1.63. The Kier molecular flexibility index (Phi) is 9.84. The monoisotopic (exact) mass is 496 g/mol. The Morgan fingerprint density at radius 3 is 1.48 bits per heavy atom. The topological polar surface area (TPSA) is 52.6 Å². The molecule has 0 bridgehead atoms. The molecule has 0 unspecified atom stereocenters. The first kappa shape index (κ1) is 21.7. The third-order valence-corrected chi connectivity index (χ3v) is 11.5. The van der Waals surface area contributed by atoms with Crippen molar-refractivity contribution in [3.63, 3.8) is 0 Å². The fraction of sp³-hybridized carbons (Fsp3) is 0.889. The summed E-state index contributed by atoms with van der Waals surface area (Å²) >= 11 is -0.101. The van der Waals surface area contributed by atoms with Crippen LogP contribution in [0.15, 0.2) is 0 Å². The zero-order valence-electron chi connectivity index (χ0n) is 15.6. The average molecular weight is 495 g/mol. The molecule has 25 heavy (non-hydrogen) atoms. The molecule has 0 N–H and O–H groups in total. The number of hydrogen-bond donors (Lipinski definition) is 0. The van der Waals surface area contributed by atoms with E-state index in [0.717, 1.165) is 0 Å². The van der Waals surface area contributed by atoms with Crippen LogP contribution in [-0.2, 0) is 15.7 Å². The van der Waals surface area contributed by atoms with Crippen LogP contribution in [0.1, 0.15) is 64.2 Å². The molecule has 2 rings (SSSR count). The maximum absolute atomic E-state index is 12.1. The molecule has 0 atom stereocenters. The van der Waals surface area contributed by atoms with E-state index in [9.17, 15) is 9.59 Å². The van der Waals surface area contributed by atoms with Gasteiger partial charge in [0.2, 0.25) is 0 Å². The third-order valence-electron chi connectivity index (χ3n) is 4.70. The van der Waals surface area contributed by atoms with Crippen molar-refractivity contribution >= 4 is 54.7 Å². The summed E-state index contributed by atoms with van der Waals surface area (Å²) < 4.78 is 11.2. The minimum absolute atomic E-state index is 0.205. The van der Waals surface area contributed by atoms with Crippen LogP contribution in [-0.4, -0.2) is 53.1 Å². The molecular weight excluding hydrogens is 463 g/mol. The number of carbonyl (C=O) groups is 2. The molecule has 2 fully saturated rings. The number of thioether (sulfide) groups is 2. The second-order valence-corrected chi connectivity index (χ2v) is 19.2. The van der Waals surface area contributed by atoms with Gasteiger partial charge in [0.15, 0.2) is 0 Å². The quantitative estimate of drug-likeness (QED) is 0.447. The van der Waals surface area contributed by atoms with E-state index in [1.165, 1.54) is 64.2 Å². The van der Waals surface area contributed by atoms with Gasteiger partial charge in [-0.15, -0.1) is 0 Å². The molecule has 0 heterocycles. The number of hydrogen-bond acceptors (Lipinski definition) is 6. The van der Waals surface area contributed by atoms with E-state index in [1.54, 1.807) is 23.5 Å². The molecule has 0 amide bonds. The van der Waals surface area contributed by atoms with Crippen LogP contribution in [0.4, 0.5) is 0 Å².